The van der Waals surface area contributed by atoms with Crippen LogP contribution in [0.5, 0.6) is 5.75 Å². The second-order valence-electron chi connectivity index (χ2n) is 4.87. The molecule has 0 saturated carbocycles. The third-order valence-corrected chi connectivity index (χ3v) is 3.47. The lowest BCUT2D eigenvalue weighted by Crippen LogP contribution is -2.37. The van der Waals surface area contributed by atoms with Crippen LogP contribution >= 0.6 is 11.6 Å². The minimum absolute atomic E-state index is 0.0510. The van der Waals surface area contributed by atoms with Crippen LogP contribution in [0.15, 0.2) is 24.3 Å². The van der Waals surface area contributed by atoms with Gasteiger partial charge in [0.2, 0.25) is 5.91 Å². The van der Waals surface area contributed by atoms with Gasteiger partial charge in [0.15, 0.2) is 0 Å². The molecule has 2 rings (SSSR count). The zero-order chi connectivity index (χ0) is 14.9. The van der Waals surface area contributed by atoms with Crippen LogP contribution in [0.2, 0.25) is 0 Å². The van der Waals surface area contributed by atoms with Gasteiger partial charge in [-0.05, 0) is 18.6 Å². The van der Waals surface area contributed by atoms with Gasteiger partial charge in [0.1, 0.15) is 11.6 Å². The lowest BCUT2D eigenvalue weighted by atomic mass is 10.3. The Morgan fingerprint density at radius 3 is 2.95 bits per heavy atom. The Morgan fingerprint density at radius 1 is 1.38 bits per heavy atom. The molecule has 116 valence electrons. The Hall–Kier alpha value is -1.30. The van der Waals surface area contributed by atoms with Gasteiger partial charge in [-0.15, -0.1) is 11.6 Å². The van der Waals surface area contributed by atoms with E-state index in [-0.39, 0.29) is 11.8 Å². The summed E-state index contributed by atoms with van der Waals surface area (Å²) in [5, 5.41) is 2.70. The summed E-state index contributed by atoms with van der Waals surface area (Å²) in [6.07, 6.45) is 0.971. The quantitative estimate of drug-likeness (QED) is 0.618. The molecule has 6 heteroatoms. The van der Waals surface area contributed by atoms with Crippen LogP contribution in [0.25, 0.3) is 0 Å². The fourth-order valence-electron chi connectivity index (χ4n) is 2.16. The smallest absolute Gasteiger partial charge is 0.239 e. The highest BCUT2D eigenvalue weighted by atomic mass is 35.5. The molecule has 21 heavy (non-hydrogen) atoms. The highest BCUT2D eigenvalue weighted by molar-refractivity contribution is 6.29. The van der Waals surface area contributed by atoms with Crippen molar-refractivity contribution < 1.29 is 14.3 Å². The summed E-state index contributed by atoms with van der Waals surface area (Å²) in [6, 6.07) is 7.34. The van der Waals surface area contributed by atoms with E-state index in [9.17, 15) is 4.79 Å². The Morgan fingerprint density at radius 2 is 2.19 bits per heavy atom. The summed E-state index contributed by atoms with van der Waals surface area (Å²) in [5.41, 5.74) is 0.700. The van der Waals surface area contributed by atoms with Gasteiger partial charge >= 0.3 is 0 Å². The molecule has 1 amide bonds. The van der Waals surface area contributed by atoms with Gasteiger partial charge in [-0.2, -0.15) is 0 Å². The first-order chi connectivity index (χ1) is 10.3. The van der Waals surface area contributed by atoms with E-state index in [4.69, 9.17) is 21.1 Å². The normalized spacial score (nSPS) is 15.7. The van der Waals surface area contributed by atoms with Crippen molar-refractivity contribution in [1.82, 2.24) is 4.90 Å². The highest BCUT2D eigenvalue weighted by Crippen LogP contribution is 2.17. The van der Waals surface area contributed by atoms with Crippen LogP contribution in [0, 0.1) is 0 Å². The van der Waals surface area contributed by atoms with Crippen molar-refractivity contribution >= 4 is 23.2 Å². The average molecular weight is 313 g/mol. The number of nitrogens with zero attached hydrogens (tertiary/aromatic N) is 1. The van der Waals surface area contributed by atoms with Gasteiger partial charge in [0.25, 0.3) is 0 Å². The molecule has 1 N–H and O–H groups in total. The summed E-state index contributed by atoms with van der Waals surface area (Å²) in [4.78, 5) is 13.6. The second kappa shape index (κ2) is 8.87. The van der Waals surface area contributed by atoms with E-state index in [0.717, 1.165) is 45.0 Å². The van der Waals surface area contributed by atoms with E-state index in [0.29, 0.717) is 12.3 Å². The van der Waals surface area contributed by atoms with Gasteiger partial charge in [0, 0.05) is 31.4 Å². The number of anilines is 1. The molecule has 1 aliphatic heterocycles. The number of amides is 1. The molecule has 1 fully saturated rings. The first-order valence-corrected chi connectivity index (χ1v) is 7.70. The van der Waals surface area contributed by atoms with Crippen molar-refractivity contribution in [2.45, 2.75) is 6.42 Å². The third-order valence-electron chi connectivity index (χ3n) is 3.23. The van der Waals surface area contributed by atoms with E-state index in [1.807, 2.05) is 18.2 Å². The number of nitrogens with one attached hydrogen (secondary N) is 1. The summed E-state index contributed by atoms with van der Waals surface area (Å²) in [6.45, 7) is 5.32. The highest BCUT2D eigenvalue weighted by Gasteiger charge is 2.09. The van der Waals surface area contributed by atoms with Crippen molar-refractivity contribution in [1.29, 1.82) is 0 Å². The van der Waals surface area contributed by atoms with Gasteiger partial charge in [0.05, 0.1) is 19.8 Å². The molecule has 5 nitrogen and oxygen atoms in total. The molecule has 0 unspecified atom stereocenters. The number of morpholine rings is 1. The zero-order valence-corrected chi connectivity index (χ0v) is 12.8. The maximum Gasteiger partial charge on any atom is 0.239 e. The maximum absolute atomic E-state index is 11.2. The van der Waals surface area contributed by atoms with Crippen LogP contribution in [0.3, 0.4) is 0 Å². The fourth-order valence-corrected chi connectivity index (χ4v) is 2.23. The largest absolute Gasteiger partial charge is 0.493 e. The lowest BCUT2D eigenvalue weighted by molar-refractivity contribution is -0.113. The number of hydrogen-bond donors (Lipinski definition) is 1. The van der Waals surface area contributed by atoms with Crippen LogP contribution in [0.1, 0.15) is 6.42 Å². The van der Waals surface area contributed by atoms with Crippen molar-refractivity contribution in [2.24, 2.45) is 0 Å². The van der Waals surface area contributed by atoms with Gasteiger partial charge in [-0.1, -0.05) is 6.07 Å². The summed E-state index contributed by atoms with van der Waals surface area (Å²) >= 11 is 5.46. The molecular weight excluding hydrogens is 292 g/mol. The molecule has 0 aromatic heterocycles. The van der Waals surface area contributed by atoms with Crippen LogP contribution in [-0.2, 0) is 9.53 Å². The number of alkyl halides is 1. The molecule has 1 aliphatic rings. The molecular formula is C15H21ClN2O3. The Kier molecular flexibility index (Phi) is 6.79. The summed E-state index contributed by atoms with van der Waals surface area (Å²) in [5.74, 6) is 0.482. The number of hydrogen-bond acceptors (Lipinski definition) is 4. The van der Waals surface area contributed by atoms with Crippen molar-refractivity contribution in [3.63, 3.8) is 0 Å². The van der Waals surface area contributed by atoms with Crippen molar-refractivity contribution in [3.05, 3.63) is 24.3 Å². The minimum Gasteiger partial charge on any atom is -0.493 e. The summed E-state index contributed by atoms with van der Waals surface area (Å²) in [7, 11) is 0. The first kappa shape index (κ1) is 16.1. The topological polar surface area (TPSA) is 50.8 Å². The molecule has 0 atom stereocenters. The molecule has 1 heterocycles. The monoisotopic (exact) mass is 312 g/mol. The van der Waals surface area contributed by atoms with Crippen LogP contribution in [-0.4, -0.2) is 56.1 Å². The minimum atomic E-state index is -0.221. The number of rotatable bonds is 7. The van der Waals surface area contributed by atoms with Gasteiger partial charge in [-0.3, -0.25) is 9.69 Å². The molecule has 1 saturated heterocycles. The second-order valence-corrected chi connectivity index (χ2v) is 5.13. The van der Waals surface area contributed by atoms with E-state index < -0.39 is 0 Å². The van der Waals surface area contributed by atoms with E-state index >= 15 is 0 Å². The van der Waals surface area contributed by atoms with Crippen molar-refractivity contribution in [2.75, 3.05) is 50.7 Å². The molecule has 0 radical (unpaired) electrons. The van der Waals surface area contributed by atoms with E-state index in [1.165, 1.54) is 0 Å². The predicted octanol–water partition coefficient (Wildman–Crippen LogP) is 1.97. The van der Waals surface area contributed by atoms with Gasteiger partial charge in [-0.25, -0.2) is 0 Å². The Labute approximate surface area is 130 Å². The average Bonchev–Trinajstić information content (AvgIpc) is 2.53. The number of halogens is 1. The third kappa shape index (κ3) is 5.91. The number of benzene rings is 1. The first-order valence-electron chi connectivity index (χ1n) is 7.17. The number of carbonyl (C=O) groups excluding carboxylic acids is 1. The Balaban J connectivity index is 1.70. The zero-order valence-electron chi connectivity index (χ0n) is 12.0. The molecule has 0 bridgehead atoms. The van der Waals surface area contributed by atoms with Crippen molar-refractivity contribution in [3.8, 4) is 5.75 Å². The predicted molar refractivity (Wildman–Crippen MR) is 83.2 cm³/mol. The summed E-state index contributed by atoms with van der Waals surface area (Å²) < 4.78 is 11.0. The standard InChI is InChI=1S/C15H21ClN2O3/c16-12-15(19)17-13-3-1-4-14(11-13)21-8-2-5-18-6-9-20-10-7-18/h1,3-4,11H,2,5-10,12H2,(H,17,19). The van der Waals surface area contributed by atoms with Crippen LogP contribution < -0.4 is 10.1 Å². The maximum atomic E-state index is 11.2. The van der Waals surface area contributed by atoms with Crippen LogP contribution in [0.4, 0.5) is 5.69 Å². The molecule has 0 aliphatic carbocycles. The van der Waals surface area contributed by atoms with Gasteiger partial charge < -0.3 is 14.8 Å². The lowest BCUT2D eigenvalue weighted by Gasteiger charge is -2.26. The Bertz CT molecular complexity index is 450. The van der Waals surface area contributed by atoms with E-state index in [2.05, 4.69) is 10.2 Å². The van der Waals surface area contributed by atoms with E-state index in [1.54, 1.807) is 6.07 Å². The number of ether oxygens (including phenoxy) is 2. The SMILES string of the molecule is O=C(CCl)Nc1cccc(OCCCN2CCOCC2)c1. The molecule has 0 spiro atoms. The number of carbonyl (C=O) groups is 1. The molecule has 1 aromatic carbocycles. The fraction of sp³-hybridized carbons (Fsp3) is 0.533. The molecule has 1 aromatic rings.